The van der Waals surface area contributed by atoms with Crippen LogP contribution in [0.4, 0.5) is 4.39 Å². The first kappa shape index (κ1) is 12.1. The second-order valence-corrected chi connectivity index (χ2v) is 3.00. The van der Waals surface area contributed by atoms with Gasteiger partial charge in [-0.3, -0.25) is 0 Å². The number of halogens is 1. The van der Waals surface area contributed by atoms with E-state index < -0.39 is 11.8 Å². The van der Waals surface area contributed by atoms with Crippen LogP contribution in [0.5, 0.6) is 0 Å². The van der Waals surface area contributed by atoms with E-state index in [1.54, 1.807) is 6.92 Å². The molecule has 0 spiro atoms. The summed E-state index contributed by atoms with van der Waals surface area (Å²) in [4.78, 5) is 10.5. The van der Waals surface area contributed by atoms with Crippen molar-refractivity contribution in [1.29, 1.82) is 0 Å². The average molecular weight is 188 g/mol. The lowest BCUT2D eigenvalue weighted by atomic mass is 10.1. The molecule has 0 atom stereocenters. The number of carboxylic acid groups (broad SMARTS) is 1. The lowest BCUT2D eigenvalue weighted by Gasteiger charge is -2.01. The number of carbonyl (C=O) groups is 1. The number of unbranched alkanes of at least 4 members (excludes halogenated alkanes) is 2. The summed E-state index contributed by atoms with van der Waals surface area (Å²) in [7, 11) is 0. The zero-order chi connectivity index (χ0) is 10.3. The van der Waals surface area contributed by atoms with Crippen LogP contribution in [-0.4, -0.2) is 11.1 Å². The Bertz CT molecular complexity index is 197. The van der Waals surface area contributed by atoms with Crippen LogP contribution in [-0.2, 0) is 4.79 Å². The summed E-state index contributed by atoms with van der Waals surface area (Å²) in [6, 6.07) is 0. The molecule has 2 nitrogen and oxygen atoms in total. The number of rotatable bonds is 6. The zero-order valence-electron chi connectivity index (χ0n) is 8.27. The van der Waals surface area contributed by atoms with Gasteiger partial charge in [0.25, 0.3) is 0 Å². The summed E-state index contributed by atoms with van der Waals surface area (Å²) >= 11 is 0. The third-order valence-corrected chi connectivity index (χ3v) is 1.94. The van der Waals surface area contributed by atoms with E-state index in [0.29, 0.717) is 0 Å². The molecule has 0 aliphatic heterocycles. The van der Waals surface area contributed by atoms with Gasteiger partial charge in [0.1, 0.15) is 5.83 Å². The Morgan fingerprint density at radius 1 is 1.31 bits per heavy atom. The Morgan fingerprint density at radius 2 is 1.92 bits per heavy atom. The molecule has 13 heavy (non-hydrogen) atoms. The van der Waals surface area contributed by atoms with Crippen LogP contribution in [0, 0.1) is 0 Å². The van der Waals surface area contributed by atoms with Gasteiger partial charge in [0, 0.05) is 0 Å². The second-order valence-electron chi connectivity index (χ2n) is 3.00. The number of hydrogen-bond donors (Lipinski definition) is 1. The summed E-state index contributed by atoms with van der Waals surface area (Å²) in [6.45, 7) is 3.68. The summed E-state index contributed by atoms with van der Waals surface area (Å²) in [5.74, 6) is -1.58. The van der Waals surface area contributed by atoms with Gasteiger partial charge in [-0.2, -0.15) is 0 Å². The van der Waals surface area contributed by atoms with Crippen molar-refractivity contribution in [1.82, 2.24) is 0 Å². The van der Waals surface area contributed by atoms with Gasteiger partial charge in [-0.15, -0.1) is 0 Å². The van der Waals surface area contributed by atoms with Gasteiger partial charge in [-0.25, -0.2) is 9.18 Å². The maximum absolute atomic E-state index is 13.1. The predicted octanol–water partition coefficient (Wildman–Crippen LogP) is 3.28. The monoisotopic (exact) mass is 188 g/mol. The van der Waals surface area contributed by atoms with Gasteiger partial charge in [0.15, 0.2) is 0 Å². The Labute approximate surface area is 78.5 Å². The van der Waals surface area contributed by atoms with E-state index in [0.717, 1.165) is 19.3 Å². The summed E-state index contributed by atoms with van der Waals surface area (Å²) in [5, 5.41) is 8.60. The molecule has 3 heteroatoms. The molecule has 1 N–H and O–H groups in total. The topological polar surface area (TPSA) is 37.3 Å². The predicted molar refractivity (Wildman–Crippen MR) is 50.2 cm³/mol. The van der Waals surface area contributed by atoms with Crippen molar-refractivity contribution in [2.75, 3.05) is 0 Å². The normalized spacial score (nSPS) is 12.5. The van der Waals surface area contributed by atoms with Crippen molar-refractivity contribution in [2.24, 2.45) is 0 Å². The highest BCUT2D eigenvalue weighted by atomic mass is 19.1. The quantitative estimate of drug-likeness (QED) is 0.513. The molecule has 76 valence electrons. The van der Waals surface area contributed by atoms with Crippen LogP contribution in [0.25, 0.3) is 0 Å². The molecule has 0 aliphatic carbocycles. The van der Waals surface area contributed by atoms with Crippen LogP contribution in [0.1, 0.15) is 46.0 Å². The van der Waals surface area contributed by atoms with E-state index >= 15 is 0 Å². The first-order valence-corrected chi connectivity index (χ1v) is 4.74. The molecule has 0 fully saturated rings. The molecule has 0 aliphatic rings. The third-order valence-electron chi connectivity index (χ3n) is 1.94. The number of carboxylic acids is 1. The molecule has 0 aromatic heterocycles. The Kier molecular flexibility index (Phi) is 6.20. The second kappa shape index (κ2) is 6.63. The highest BCUT2D eigenvalue weighted by Crippen LogP contribution is 2.17. The maximum Gasteiger partial charge on any atom is 0.334 e. The minimum atomic E-state index is -1.13. The van der Waals surface area contributed by atoms with Gasteiger partial charge in [0.05, 0.1) is 5.57 Å². The number of aliphatic carboxylic acids is 1. The molecule has 0 rings (SSSR count). The average Bonchev–Trinajstić information content (AvgIpc) is 2.05. The first-order chi connectivity index (χ1) is 6.13. The summed E-state index contributed by atoms with van der Waals surface area (Å²) in [6.07, 6.45) is 3.22. The lowest BCUT2D eigenvalue weighted by Crippen LogP contribution is -2.01. The molecular formula is C10H17FO2. The third kappa shape index (κ3) is 4.65. The summed E-state index contributed by atoms with van der Waals surface area (Å²) in [5.41, 5.74) is -0.0731. The largest absolute Gasteiger partial charge is 0.478 e. The van der Waals surface area contributed by atoms with E-state index in [4.69, 9.17) is 5.11 Å². The van der Waals surface area contributed by atoms with Crippen LogP contribution >= 0.6 is 0 Å². The van der Waals surface area contributed by atoms with Crippen LogP contribution in [0.15, 0.2) is 11.4 Å². The molecular weight excluding hydrogens is 171 g/mol. The molecule has 0 saturated carbocycles. The molecule has 0 heterocycles. The highest BCUT2D eigenvalue weighted by Gasteiger charge is 2.11. The lowest BCUT2D eigenvalue weighted by molar-refractivity contribution is -0.132. The molecule has 0 bridgehead atoms. The Morgan fingerprint density at radius 3 is 2.31 bits per heavy atom. The van der Waals surface area contributed by atoms with Crippen LogP contribution in [0.3, 0.4) is 0 Å². The fourth-order valence-electron chi connectivity index (χ4n) is 1.14. The van der Waals surface area contributed by atoms with E-state index in [9.17, 15) is 9.18 Å². The van der Waals surface area contributed by atoms with Crippen LogP contribution < -0.4 is 0 Å². The Balaban J connectivity index is 4.14. The fraction of sp³-hybridized carbons (Fsp3) is 0.700. The van der Waals surface area contributed by atoms with E-state index in [1.165, 1.54) is 0 Å². The van der Waals surface area contributed by atoms with Crippen molar-refractivity contribution in [3.63, 3.8) is 0 Å². The van der Waals surface area contributed by atoms with Crippen LogP contribution in [0.2, 0.25) is 0 Å². The molecule has 0 unspecified atom stereocenters. The van der Waals surface area contributed by atoms with Gasteiger partial charge >= 0.3 is 5.97 Å². The minimum Gasteiger partial charge on any atom is -0.478 e. The van der Waals surface area contributed by atoms with E-state index in [-0.39, 0.29) is 18.4 Å². The van der Waals surface area contributed by atoms with Crippen molar-refractivity contribution >= 4 is 5.97 Å². The van der Waals surface area contributed by atoms with E-state index in [1.807, 2.05) is 6.92 Å². The first-order valence-electron chi connectivity index (χ1n) is 4.74. The molecule has 0 amide bonds. The standard InChI is InChI=1S/C10H17FO2/c1-3-5-6-7-9(11)8(4-2)10(12)13/h3-7H2,1-2H3,(H,12,13). The van der Waals surface area contributed by atoms with E-state index in [2.05, 4.69) is 0 Å². The number of hydrogen-bond acceptors (Lipinski definition) is 1. The smallest absolute Gasteiger partial charge is 0.334 e. The van der Waals surface area contributed by atoms with Crippen molar-refractivity contribution in [3.05, 3.63) is 11.4 Å². The van der Waals surface area contributed by atoms with Crippen molar-refractivity contribution in [2.45, 2.75) is 46.0 Å². The SMILES string of the molecule is CCCCCC(F)=C(CC)C(=O)O. The van der Waals surface area contributed by atoms with Crippen molar-refractivity contribution in [3.8, 4) is 0 Å². The molecule has 0 radical (unpaired) electrons. The molecule has 0 saturated heterocycles. The van der Waals surface area contributed by atoms with Gasteiger partial charge in [-0.1, -0.05) is 26.7 Å². The van der Waals surface area contributed by atoms with Gasteiger partial charge in [0.2, 0.25) is 0 Å². The highest BCUT2D eigenvalue weighted by molar-refractivity contribution is 5.86. The molecule has 0 aromatic carbocycles. The summed E-state index contributed by atoms with van der Waals surface area (Å²) < 4.78 is 13.1. The Hall–Kier alpha value is -0.860. The van der Waals surface area contributed by atoms with Gasteiger partial charge < -0.3 is 5.11 Å². The number of allylic oxidation sites excluding steroid dienone is 1. The minimum absolute atomic E-state index is 0.0731. The zero-order valence-corrected chi connectivity index (χ0v) is 8.27. The van der Waals surface area contributed by atoms with Gasteiger partial charge in [-0.05, 0) is 19.3 Å². The molecule has 0 aromatic rings. The fourth-order valence-corrected chi connectivity index (χ4v) is 1.14. The van der Waals surface area contributed by atoms with Crippen molar-refractivity contribution < 1.29 is 14.3 Å². The maximum atomic E-state index is 13.1.